The zero-order chi connectivity index (χ0) is 24.4. The zero-order valence-corrected chi connectivity index (χ0v) is 19.4. The number of carbonyl (C=O) groups excluding carboxylic acids is 3. The van der Waals surface area contributed by atoms with Gasteiger partial charge in [-0.2, -0.15) is 0 Å². The van der Waals surface area contributed by atoms with Crippen molar-refractivity contribution in [3.8, 4) is 5.75 Å². The maximum Gasteiger partial charge on any atom is 0.242 e. The molecule has 1 unspecified atom stereocenters. The standard InChI is InChI=1S/C25H34N4O4/c1-17(30)28-22(16-18-7-5-4-6-8-18)24(33)27-14-13-25(2,3)29-23(32)21(26)15-19-9-11-20(31)12-10-19/h4-12,21-22,31H,13-16,26H2,1-3H3,(H,27,33)(H,28,30)(H,29,32)/t21?,22-/m0/s1. The SMILES string of the molecule is CC(=O)N[C@@H](Cc1ccccc1)C(=O)NCCC(C)(C)NC(=O)C(N)Cc1ccc(O)cc1. The lowest BCUT2D eigenvalue weighted by molar-refractivity contribution is -0.128. The van der Waals surface area contributed by atoms with Gasteiger partial charge in [0.05, 0.1) is 6.04 Å². The maximum absolute atomic E-state index is 12.7. The van der Waals surface area contributed by atoms with Gasteiger partial charge in [-0.3, -0.25) is 14.4 Å². The second-order valence-corrected chi connectivity index (χ2v) is 8.83. The average molecular weight is 455 g/mol. The molecule has 0 heterocycles. The van der Waals surface area contributed by atoms with Gasteiger partial charge in [0.15, 0.2) is 0 Å². The third-order valence-electron chi connectivity index (χ3n) is 5.22. The van der Waals surface area contributed by atoms with Crippen LogP contribution >= 0.6 is 0 Å². The Balaban J connectivity index is 1.84. The summed E-state index contributed by atoms with van der Waals surface area (Å²) in [5, 5.41) is 17.8. The van der Waals surface area contributed by atoms with Crippen molar-refractivity contribution < 1.29 is 19.5 Å². The van der Waals surface area contributed by atoms with Gasteiger partial charge < -0.3 is 26.8 Å². The first-order valence-electron chi connectivity index (χ1n) is 11.0. The van der Waals surface area contributed by atoms with E-state index in [-0.39, 0.29) is 23.5 Å². The summed E-state index contributed by atoms with van der Waals surface area (Å²) in [6, 6.07) is 14.6. The molecule has 0 bridgehead atoms. The fourth-order valence-corrected chi connectivity index (χ4v) is 3.39. The molecule has 0 aliphatic carbocycles. The van der Waals surface area contributed by atoms with Crippen LogP contribution in [-0.2, 0) is 27.2 Å². The molecule has 0 spiro atoms. The normalized spacial score (nSPS) is 13.0. The molecule has 2 aromatic carbocycles. The number of nitrogens with two attached hydrogens (primary N) is 1. The number of phenols is 1. The molecule has 6 N–H and O–H groups in total. The molecule has 0 aromatic heterocycles. The largest absolute Gasteiger partial charge is 0.508 e. The minimum Gasteiger partial charge on any atom is -0.508 e. The monoisotopic (exact) mass is 454 g/mol. The van der Waals surface area contributed by atoms with Gasteiger partial charge in [0.25, 0.3) is 0 Å². The lowest BCUT2D eigenvalue weighted by Gasteiger charge is -2.28. The van der Waals surface area contributed by atoms with E-state index in [0.717, 1.165) is 11.1 Å². The molecular weight excluding hydrogens is 420 g/mol. The molecule has 0 radical (unpaired) electrons. The van der Waals surface area contributed by atoms with Gasteiger partial charge in [0, 0.05) is 25.4 Å². The van der Waals surface area contributed by atoms with Crippen LogP contribution in [0.4, 0.5) is 0 Å². The summed E-state index contributed by atoms with van der Waals surface area (Å²) in [5.41, 5.74) is 7.24. The van der Waals surface area contributed by atoms with Gasteiger partial charge in [0.2, 0.25) is 17.7 Å². The van der Waals surface area contributed by atoms with Crippen molar-refractivity contribution in [3.63, 3.8) is 0 Å². The summed E-state index contributed by atoms with van der Waals surface area (Å²) in [4.78, 5) is 36.8. The van der Waals surface area contributed by atoms with E-state index < -0.39 is 17.6 Å². The van der Waals surface area contributed by atoms with Crippen molar-refractivity contribution in [1.82, 2.24) is 16.0 Å². The molecule has 178 valence electrons. The Kier molecular flexibility index (Phi) is 9.42. The van der Waals surface area contributed by atoms with Gasteiger partial charge in [-0.1, -0.05) is 42.5 Å². The third-order valence-corrected chi connectivity index (χ3v) is 5.22. The highest BCUT2D eigenvalue weighted by atomic mass is 16.3. The lowest BCUT2D eigenvalue weighted by atomic mass is 9.98. The molecule has 2 aromatic rings. The van der Waals surface area contributed by atoms with Gasteiger partial charge in [-0.05, 0) is 49.9 Å². The Hall–Kier alpha value is -3.39. The summed E-state index contributed by atoms with van der Waals surface area (Å²) in [6.07, 6.45) is 1.21. The molecule has 8 heteroatoms. The van der Waals surface area contributed by atoms with E-state index in [2.05, 4.69) is 16.0 Å². The molecule has 0 fully saturated rings. The van der Waals surface area contributed by atoms with Crippen LogP contribution in [0.25, 0.3) is 0 Å². The van der Waals surface area contributed by atoms with Gasteiger partial charge >= 0.3 is 0 Å². The van der Waals surface area contributed by atoms with E-state index in [4.69, 9.17) is 5.73 Å². The van der Waals surface area contributed by atoms with E-state index in [1.54, 1.807) is 24.3 Å². The smallest absolute Gasteiger partial charge is 0.242 e. The fourth-order valence-electron chi connectivity index (χ4n) is 3.39. The van der Waals surface area contributed by atoms with Crippen LogP contribution in [0.2, 0.25) is 0 Å². The number of benzene rings is 2. The molecule has 2 atom stereocenters. The summed E-state index contributed by atoms with van der Waals surface area (Å²) < 4.78 is 0. The van der Waals surface area contributed by atoms with E-state index in [1.807, 2.05) is 44.2 Å². The molecule has 3 amide bonds. The minimum absolute atomic E-state index is 0.157. The summed E-state index contributed by atoms with van der Waals surface area (Å²) in [5.74, 6) is -0.689. The van der Waals surface area contributed by atoms with Crippen molar-refractivity contribution in [1.29, 1.82) is 0 Å². The number of phenolic OH excluding ortho intramolecular Hbond substituents is 1. The Bertz CT molecular complexity index is 929. The first kappa shape index (κ1) is 25.9. The highest BCUT2D eigenvalue weighted by Gasteiger charge is 2.25. The number of rotatable bonds is 11. The highest BCUT2D eigenvalue weighted by molar-refractivity contribution is 5.87. The third kappa shape index (κ3) is 9.33. The van der Waals surface area contributed by atoms with Gasteiger partial charge in [-0.25, -0.2) is 0 Å². The Morgan fingerprint density at radius 1 is 0.939 bits per heavy atom. The molecule has 0 aliphatic heterocycles. The Morgan fingerprint density at radius 3 is 2.15 bits per heavy atom. The van der Waals surface area contributed by atoms with E-state index in [1.165, 1.54) is 6.92 Å². The van der Waals surface area contributed by atoms with Gasteiger partial charge in [-0.15, -0.1) is 0 Å². The number of hydrogen-bond donors (Lipinski definition) is 5. The first-order valence-corrected chi connectivity index (χ1v) is 11.0. The van der Waals surface area contributed by atoms with Crippen LogP contribution in [0.3, 0.4) is 0 Å². The van der Waals surface area contributed by atoms with Crippen LogP contribution in [0, 0.1) is 0 Å². The van der Waals surface area contributed by atoms with E-state index in [9.17, 15) is 19.5 Å². The molecule has 0 saturated heterocycles. The van der Waals surface area contributed by atoms with Crippen molar-refractivity contribution in [2.45, 2.75) is 57.7 Å². The minimum atomic E-state index is -0.738. The number of aromatic hydroxyl groups is 1. The fraction of sp³-hybridized carbons (Fsp3) is 0.400. The van der Waals surface area contributed by atoms with Crippen LogP contribution in [0.5, 0.6) is 5.75 Å². The topological polar surface area (TPSA) is 134 Å². The lowest BCUT2D eigenvalue weighted by Crippen LogP contribution is -2.53. The summed E-state index contributed by atoms with van der Waals surface area (Å²) in [7, 11) is 0. The quantitative estimate of drug-likeness (QED) is 0.350. The molecule has 33 heavy (non-hydrogen) atoms. The second-order valence-electron chi connectivity index (χ2n) is 8.83. The Labute approximate surface area is 195 Å². The summed E-state index contributed by atoms with van der Waals surface area (Å²) in [6.45, 7) is 5.43. The Morgan fingerprint density at radius 2 is 1.55 bits per heavy atom. The highest BCUT2D eigenvalue weighted by Crippen LogP contribution is 2.12. The number of hydrogen-bond acceptors (Lipinski definition) is 5. The maximum atomic E-state index is 12.7. The number of amides is 3. The van der Waals surface area contributed by atoms with Crippen molar-refractivity contribution in [2.75, 3.05) is 6.54 Å². The zero-order valence-electron chi connectivity index (χ0n) is 19.4. The van der Waals surface area contributed by atoms with E-state index >= 15 is 0 Å². The van der Waals surface area contributed by atoms with Crippen LogP contribution < -0.4 is 21.7 Å². The first-order chi connectivity index (χ1) is 15.6. The summed E-state index contributed by atoms with van der Waals surface area (Å²) >= 11 is 0. The molecule has 0 saturated carbocycles. The van der Waals surface area contributed by atoms with Crippen LogP contribution in [0.15, 0.2) is 54.6 Å². The van der Waals surface area contributed by atoms with Crippen molar-refractivity contribution in [2.24, 2.45) is 5.73 Å². The average Bonchev–Trinajstić information content (AvgIpc) is 2.74. The van der Waals surface area contributed by atoms with Gasteiger partial charge in [0.1, 0.15) is 11.8 Å². The van der Waals surface area contributed by atoms with Crippen LogP contribution in [-0.4, -0.2) is 47.0 Å². The van der Waals surface area contributed by atoms with Crippen molar-refractivity contribution >= 4 is 17.7 Å². The predicted octanol–water partition coefficient (Wildman–Crippen LogP) is 1.41. The molecular formula is C25H34N4O4. The van der Waals surface area contributed by atoms with E-state index in [0.29, 0.717) is 25.8 Å². The number of nitrogens with one attached hydrogen (secondary N) is 3. The van der Waals surface area contributed by atoms with Crippen LogP contribution in [0.1, 0.15) is 38.3 Å². The van der Waals surface area contributed by atoms with Crippen molar-refractivity contribution in [3.05, 3.63) is 65.7 Å². The second kappa shape index (κ2) is 12.0. The predicted molar refractivity (Wildman–Crippen MR) is 127 cm³/mol. The number of carbonyl (C=O) groups is 3. The molecule has 8 nitrogen and oxygen atoms in total. The molecule has 0 aliphatic rings. The molecule has 2 rings (SSSR count).